The van der Waals surface area contributed by atoms with Crippen molar-refractivity contribution in [3.8, 4) is 0 Å². The minimum atomic E-state index is 0.541. The van der Waals surface area contributed by atoms with Crippen molar-refractivity contribution in [2.45, 2.75) is 38.6 Å². The molecule has 1 aromatic heterocycles. The lowest BCUT2D eigenvalue weighted by Crippen LogP contribution is -2.32. The molecule has 0 bridgehead atoms. The van der Waals surface area contributed by atoms with Crippen LogP contribution < -0.4 is 4.90 Å². The van der Waals surface area contributed by atoms with Gasteiger partial charge < -0.3 is 4.90 Å². The highest BCUT2D eigenvalue weighted by Gasteiger charge is 2.21. The molecule has 0 spiro atoms. The molecular weight excluding hydrogens is 218 g/mol. The van der Waals surface area contributed by atoms with Crippen LogP contribution in [-0.4, -0.2) is 21.3 Å². The summed E-state index contributed by atoms with van der Waals surface area (Å²) in [6.07, 6.45) is 5.09. The van der Waals surface area contributed by atoms with E-state index in [1.54, 1.807) is 0 Å². The minimum Gasteiger partial charge on any atom is -0.350 e. The summed E-state index contributed by atoms with van der Waals surface area (Å²) in [7, 11) is 0. The molecular formula is C9H14ClN3S. The molecule has 1 aromatic rings. The first kappa shape index (κ1) is 10.2. The van der Waals surface area contributed by atoms with Gasteiger partial charge in [-0.3, -0.25) is 0 Å². The van der Waals surface area contributed by atoms with Gasteiger partial charge in [0.2, 0.25) is 0 Å². The molecule has 0 aromatic carbocycles. The Balaban J connectivity index is 2.19. The summed E-state index contributed by atoms with van der Waals surface area (Å²) in [6, 6.07) is 0.541. The highest BCUT2D eigenvalue weighted by atomic mass is 35.5. The number of nitrogens with zero attached hydrogens (tertiary/aromatic N) is 3. The van der Waals surface area contributed by atoms with E-state index in [2.05, 4.69) is 20.6 Å². The molecule has 0 saturated carbocycles. The second-order valence-corrected chi connectivity index (χ2v) is 4.66. The van der Waals surface area contributed by atoms with Crippen LogP contribution in [0.25, 0.3) is 0 Å². The van der Waals surface area contributed by atoms with Crippen molar-refractivity contribution in [2.75, 3.05) is 11.4 Å². The third kappa shape index (κ3) is 2.01. The Morgan fingerprint density at radius 3 is 2.93 bits per heavy atom. The van der Waals surface area contributed by atoms with Gasteiger partial charge in [0.1, 0.15) is 0 Å². The van der Waals surface area contributed by atoms with E-state index in [1.807, 2.05) is 0 Å². The van der Waals surface area contributed by atoms with Crippen molar-refractivity contribution >= 4 is 29.1 Å². The first-order valence-electron chi connectivity index (χ1n) is 5.03. The minimum absolute atomic E-state index is 0.541. The fourth-order valence-corrected chi connectivity index (χ4v) is 2.69. The van der Waals surface area contributed by atoms with Gasteiger partial charge in [-0.15, -0.1) is 0 Å². The average Bonchev–Trinajstić information content (AvgIpc) is 2.46. The van der Waals surface area contributed by atoms with Crippen LogP contribution in [0.5, 0.6) is 0 Å². The molecule has 2 rings (SSSR count). The molecule has 78 valence electrons. The summed E-state index contributed by atoms with van der Waals surface area (Å²) in [5, 5.41) is 0.559. The maximum atomic E-state index is 5.99. The first-order valence-corrected chi connectivity index (χ1v) is 6.14. The molecule has 0 radical (unpaired) electrons. The molecule has 1 atom stereocenters. The zero-order valence-corrected chi connectivity index (χ0v) is 9.81. The zero-order chi connectivity index (χ0) is 9.97. The number of hydrogen-bond donors (Lipinski definition) is 0. The van der Waals surface area contributed by atoms with E-state index in [0.717, 1.165) is 12.4 Å². The van der Waals surface area contributed by atoms with Gasteiger partial charge in [0, 0.05) is 12.6 Å². The van der Waals surface area contributed by atoms with Gasteiger partial charge in [-0.2, -0.15) is 8.75 Å². The molecule has 1 unspecified atom stereocenters. The van der Waals surface area contributed by atoms with Gasteiger partial charge in [0.15, 0.2) is 11.0 Å². The largest absolute Gasteiger partial charge is 0.350 e. The number of hydrogen-bond acceptors (Lipinski definition) is 4. The van der Waals surface area contributed by atoms with Gasteiger partial charge >= 0.3 is 0 Å². The lowest BCUT2D eigenvalue weighted by molar-refractivity contribution is 0.613. The molecule has 0 N–H and O–H groups in total. The van der Waals surface area contributed by atoms with Crippen LogP contribution in [-0.2, 0) is 0 Å². The Hall–Kier alpha value is -0.350. The van der Waals surface area contributed by atoms with E-state index >= 15 is 0 Å². The number of aromatic nitrogens is 2. The predicted molar refractivity (Wildman–Crippen MR) is 60.2 cm³/mol. The maximum absolute atomic E-state index is 5.99. The summed E-state index contributed by atoms with van der Waals surface area (Å²) >= 11 is 7.18. The molecule has 1 fully saturated rings. The fourth-order valence-electron chi connectivity index (χ4n) is 1.93. The van der Waals surface area contributed by atoms with E-state index < -0.39 is 0 Å². The zero-order valence-electron chi connectivity index (χ0n) is 8.24. The molecule has 1 aliphatic rings. The number of halogens is 1. The predicted octanol–water partition coefficient (Wildman–Crippen LogP) is 2.96. The van der Waals surface area contributed by atoms with Crippen molar-refractivity contribution < 1.29 is 0 Å². The average molecular weight is 232 g/mol. The molecule has 14 heavy (non-hydrogen) atoms. The highest BCUT2D eigenvalue weighted by molar-refractivity contribution is 6.99. The Morgan fingerprint density at radius 1 is 1.36 bits per heavy atom. The van der Waals surface area contributed by atoms with E-state index in [9.17, 15) is 0 Å². The molecule has 3 nitrogen and oxygen atoms in total. The first-order chi connectivity index (χ1) is 6.79. The summed E-state index contributed by atoms with van der Waals surface area (Å²) < 4.78 is 8.27. The third-order valence-electron chi connectivity index (χ3n) is 2.76. The lowest BCUT2D eigenvalue weighted by Gasteiger charge is -2.26. The Kier molecular flexibility index (Phi) is 3.23. The van der Waals surface area contributed by atoms with Crippen molar-refractivity contribution in [1.82, 2.24) is 8.75 Å². The summed E-state index contributed by atoms with van der Waals surface area (Å²) in [6.45, 7) is 3.30. The van der Waals surface area contributed by atoms with Gasteiger partial charge in [0.05, 0.1) is 11.7 Å². The standard InChI is InChI=1S/C9H14ClN3S/c1-7-5-3-2-4-6-13(7)9-8(10)11-14-12-9/h7H,2-6H2,1H3. The van der Waals surface area contributed by atoms with Crippen molar-refractivity contribution in [2.24, 2.45) is 0 Å². The second kappa shape index (κ2) is 4.45. The van der Waals surface area contributed by atoms with Crippen LogP contribution in [0.2, 0.25) is 5.15 Å². The second-order valence-electron chi connectivity index (χ2n) is 3.77. The van der Waals surface area contributed by atoms with E-state index in [-0.39, 0.29) is 0 Å². The van der Waals surface area contributed by atoms with Gasteiger partial charge in [-0.05, 0) is 19.8 Å². The molecule has 1 saturated heterocycles. The Bertz CT molecular complexity index is 302. The smallest absolute Gasteiger partial charge is 0.187 e. The van der Waals surface area contributed by atoms with E-state index in [1.165, 1.54) is 37.4 Å². The SMILES string of the molecule is CC1CCCCCN1c1nsnc1Cl. The van der Waals surface area contributed by atoms with Gasteiger partial charge in [0.25, 0.3) is 0 Å². The van der Waals surface area contributed by atoms with Crippen LogP contribution >= 0.6 is 23.3 Å². The summed E-state index contributed by atoms with van der Waals surface area (Å²) in [5.41, 5.74) is 0. The highest BCUT2D eigenvalue weighted by Crippen LogP contribution is 2.28. The third-order valence-corrected chi connectivity index (χ3v) is 3.63. The van der Waals surface area contributed by atoms with Crippen LogP contribution in [0.4, 0.5) is 5.82 Å². The Labute approximate surface area is 93.4 Å². The molecule has 0 amide bonds. The van der Waals surface area contributed by atoms with Gasteiger partial charge in [-0.25, -0.2) is 0 Å². The monoisotopic (exact) mass is 231 g/mol. The summed E-state index contributed by atoms with van der Waals surface area (Å²) in [4.78, 5) is 2.29. The quantitative estimate of drug-likeness (QED) is 0.744. The van der Waals surface area contributed by atoms with E-state index in [4.69, 9.17) is 11.6 Å². The lowest BCUT2D eigenvalue weighted by atomic mass is 10.1. The summed E-state index contributed by atoms with van der Waals surface area (Å²) in [5.74, 6) is 0.881. The number of rotatable bonds is 1. The topological polar surface area (TPSA) is 29.0 Å². The van der Waals surface area contributed by atoms with E-state index in [0.29, 0.717) is 11.2 Å². The molecule has 5 heteroatoms. The number of anilines is 1. The van der Waals surface area contributed by atoms with Crippen LogP contribution in [0.1, 0.15) is 32.6 Å². The van der Waals surface area contributed by atoms with Gasteiger partial charge in [-0.1, -0.05) is 24.4 Å². The van der Waals surface area contributed by atoms with Crippen molar-refractivity contribution in [3.05, 3.63) is 5.15 Å². The van der Waals surface area contributed by atoms with Crippen LogP contribution in [0, 0.1) is 0 Å². The fraction of sp³-hybridized carbons (Fsp3) is 0.778. The molecule has 2 heterocycles. The van der Waals surface area contributed by atoms with Crippen LogP contribution in [0.15, 0.2) is 0 Å². The van der Waals surface area contributed by atoms with Crippen molar-refractivity contribution in [3.63, 3.8) is 0 Å². The van der Waals surface area contributed by atoms with Crippen molar-refractivity contribution in [1.29, 1.82) is 0 Å². The molecule has 1 aliphatic heterocycles. The van der Waals surface area contributed by atoms with Crippen LogP contribution in [0.3, 0.4) is 0 Å². The Morgan fingerprint density at radius 2 is 2.21 bits per heavy atom. The normalized spacial score (nSPS) is 23.6. The maximum Gasteiger partial charge on any atom is 0.187 e. The molecule has 0 aliphatic carbocycles.